The summed E-state index contributed by atoms with van der Waals surface area (Å²) in [5.41, 5.74) is -4.20. The predicted molar refractivity (Wildman–Crippen MR) is 168 cm³/mol. The van der Waals surface area contributed by atoms with E-state index in [0.717, 1.165) is 13.8 Å². The lowest BCUT2D eigenvalue weighted by molar-refractivity contribution is -0.461. The summed E-state index contributed by atoms with van der Waals surface area (Å²) in [7, 11) is 0. The van der Waals surface area contributed by atoms with Crippen molar-refractivity contribution in [1.29, 1.82) is 10.5 Å². The van der Waals surface area contributed by atoms with Crippen LogP contribution in [0.1, 0.15) is 65.2 Å². The smallest absolute Gasteiger partial charge is 0.460 e. The lowest BCUT2D eigenvalue weighted by Gasteiger charge is -2.42. The quantitative estimate of drug-likeness (QED) is 0.0461. The number of carbonyl (C=O) groups excluding carboxylic acids is 2. The summed E-state index contributed by atoms with van der Waals surface area (Å²) >= 11 is 0. The van der Waals surface area contributed by atoms with Crippen LogP contribution in [0.5, 0.6) is 0 Å². The number of hydrogen-bond acceptors (Lipinski definition) is 6. The van der Waals surface area contributed by atoms with Crippen LogP contribution in [0.15, 0.2) is 0 Å². The molecule has 0 aliphatic rings. The highest BCUT2D eigenvalue weighted by molar-refractivity contribution is 5.69. The van der Waals surface area contributed by atoms with Crippen LogP contribution in [0.4, 0.5) is 149 Å². The fourth-order valence-electron chi connectivity index (χ4n) is 5.50. The second-order valence-electron chi connectivity index (χ2n) is 15.8. The van der Waals surface area contributed by atoms with Gasteiger partial charge in [-0.1, -0.05) is 0 Å². The fourth-order valence-corrected chi connectivity index (χ4v) is 5.50. The van der Waals surface area contributed by atoms with Gasteiger partial charge in [0.15, 0.2) is 0 Å². The fraction of sp³-hybridized carbons (Fsp3) is 0.882. The normalized spacial score (nSPS) is 16.9. The van der Waals surface area contributed by atoms with Crippen molar-refractivity contribution in [3.63, 3.8) is 0 Å². The van der Waals surface area contributed by atoms with Gasteiger partial charge in [0.2, 0.25) is 0 Å². The number of nitriles is 2. The summed E-state index contributed by atoms with van der Waals surface area (Å²) in [4.78, 5) is 23.7. The summed E-state index contributed by atoms with van der Waals surface area (Å²) in [6, 6.07) is 3.02. The Kier molecular flexibility index (Phi) is 19.3. The van der Waals surface area contributed by atoms with Crippen LogP contribution in [-0.2, 0) is 19.1 Å². The van der Waals surface area contributed by atoms with E-state index in [-0.39, 0.29) is 0 Å². The van der Waals surface area contributed by atoms with Crippen LogP contribution in [-0.4, -0.2) is 120 Å². The molecule has 434 valence electrons. The summed E-state index contributed by atoms with van der Waals surface area (Å²) in [6.07, 6.45) is -30.1. The Morgan fingerprint density at radius 2 is 0.514 bits per heavy atom. The highest BCUT2D eigenvalue weighted by Crippen LogP contribution is 2.66. The number of hydrogen-bond donors (Lipinski definition) is 0. The number of carbonyl (C=O) groups is 2. The number of esters is 2. The van der Waals surface area contributed by atoms with Gasteiger partial charge in [-0.3, -0.25) is 9.59 Å². The Morgan fingerprint density at radius 3 is 0.703 bits per heavy atom. The average Bonchev–Trinajstić information content (AvgIpc) is 3.23. The Labute approximate surface area is 388 Å². The van der Waals surface area contributed by atoms with E-state index in [4.69, 9.17) is 0 Å². The molecule has 6 nitrogen and oxygen atoms in total. The van der Waals surface area contributed by atoms with Crippen molar-refractivity contribution in [2.45, 2.75) is 160 Å². The van der Waals surface area contributed by atoms with Crippen LogP contribution >= 0.6 is 0 Å². The Hall–Kier alpha value is -4.46. The first-order valence-electron chi connectivity index (χ1n) is 18.6. The zero-order valence-corrected chi connectivity index (χ0v) is 35.4. The van der Waals surface area contributed by atoms with Gasteiger partial charge in [0.25, 0.3) is 0 Å². The number of rotatable bonds is 27. The maximum absolute atomic E-state index is 14.1. The molecule has 0 aliphatic heterocycles. The second-order valence-corrected chi connectivity index (χ2v) is 15.8. The largest absolute Gasteiger partial charge is 0.466 e. The first kappa shape index (κ1) is 69.5. The molecule has 0 aliphatic carbocycles. The zero-order valence-electron chi connectivity index (χ0n) is 35.4. The van der Waals surface area contributed by atoms with E-state index in [1.54, 1.807) is 0 Å². The monoisotopic (exact) mass is 1170 g/mol. The van der Waals surface area contributed by atoms with Crippen molar-refractivity contribution in [3.8, 4) is 12.1 Å². The van der Waals surface area contributed by atoms with Crippen molar-refractivity contribution in [3.05, 3.63) is 0 Å². The van der Waals surface area contributed by atoms with E-state index < -0.39 is 183 Å². The van der Waals surface area contributed by atoms with Gasteiger partial charge in [-0.15, -0.1) is 0 Å². The van der Waals surface area contributed by atoms with Crippen LogP contribution < -0.4 is 0 Å². The molecule has 0 bridgehead atoms. The van der Waals surface area contributed by atoms with E-state index in [1.165, 1.54) is 12.1 Å². The SMILES string of the molecule is CC(C#N)(CCCOC(=O)CCC(F)(F)C(F)(F)C(F)(F)C(F)(F)C(F)(F)C(F)(F)C(F)(F)C(F)(F)F)C(C)(C#N)CCCOC(=O)CCC(F)(F)C(F)(F)C(F)(F)C(F)(F)C(F)(F)C(F)(F)C(F)(F)C(F)(F)F. The molecular formula is C34H26F34N2O4. The average molecular weight is 1170 g/mol. The second kappa shape index (κ2) is 20.5. The molecule has 0 N–H and O–H groups in total. The van der Waals surface area contributed by atoms with E-state index in [1.807, 2.05) is 0 Å². The Morgan fingerprint density at radius 1 is 0.324 bits per heavy atom. The maximum Gasteiger partial charge on any atom is 0.460 e. The maximum atomic E-state index is 14.1. The molecule has 0 fully saturated rings. The molecule has 0 heterocycles. The third kappa shape index (κ3) is 11.0. The molecule has 0 saturated carbocycles. The molecule has 40 heteroatoms. The van der Waals surface area contributed by atoms with Crippen molar-refractivity contribution in [1.82, 2.24) is 0 Å². The van der Waals surface area contributed by atoms with Crippen molar-refractivity contribution in [2.24, 2.45) is 10.8 Å². The molecule has 0 saturated heterocycles. The van der Waals surface area contributed by atoms with Crippen molar-refractivity contribution < 1.29 is 168 Å². The molecule has 2 atom stereocenters. The van der Waals surface area contributed by atoms with Crippen LogP contribution in [0.25, 0.3) is 0 Å². The lowest BCUT2D eigenvalue weighted by Crippen LogP contribution is -2.74. The number of ether oxygens (including phenoxy) is 2. The van der Waals surface area contributed by atoms with Crippen LogP contribution in [0, 0.1) is 33.5 Å². The van der Waals surface area contributed by atoms with Gasteiger partial charge in [-0.05, 0) is 39.5 Å². The van der Waals surface area contributed by atoms with Gasteiger partial charge in [-0.25, -0.2) is 0 Å². The number of nitrogens with zero attached hydrogens (tertiary/aromatic N) is 2. The van der Waals surface area contributed by atoms with E-state index in [0.29, 0.717) is 0 Å². The van der Waals surface area contributed by atoms with E-state index >= 15 is 0 Å². The standard InChI is InChI=1S/C34H26F34N2O4/c1-17(13-69,7-3-11-73-15(71)5-9-19(35,36)21(39,40)23(43,44)25(47,48)27(51,52)29(55,56)31(59,60)33(63,64)65)18(2,14-70)8-4-12-74-16(72)6-10-20(37,38)22(41,42)24(45,46)26(49,50)28(53,54)30(57,58)32(61,62)34(66,67)68/h3-12H2,1-2H3. The summed E-state index contributed by atoms with van der Waals surface area (Å²) < 4.78 is 466. The minimum Gasteiger partial charge on any atom is -0.466 e. The highest BCUT2D eigenvalue weighted by Gasteiger charge is 2.97. The molecule has 0 aromatic rings. The van der Waals surface area contributed by atoms with Gasteiger partial charge in [-0.2, -0.15) is 160 Å². The minimum absolute atomic E-state index is 0.746. The topological polar surface area (TPSA) is 100 Å². The molecule has 0 spiro atoms. The van der Waals surface area contributed by atoms with Crippen LogP contribution in [0.2, 0.25) is 0 Å². The number of alkyl halides is 34. The molecular weight excluding hydrogens is 1150 g/mol. The summed E-state index contributed by atoms with van der Waals surface area (Å²) in [5, 5.41) is 19.4. The molecule has 0 rings (SSSR count). The zero-order chi connectivity index (χ0) is 60.1. The molecule has 2 unspecified atom stereocenters. The molecule has 0 aromatic carbocycles. The predicted octanol–water partition coefficient (Wildman–Crippen LogP) is 14.3. The summed E-state index contributed by atoms with van der Waals surface area (Å²) in [5.74, 6) is -122. The third-order valence-corrected chi connectivity index (χ3v) is 10.7. The van der Waals surface area contributed by atoms with Crippen molar-refractivity contribution in [2.75, 3.05) is 13.2 Å². The van der Waals surface area contributed by atoms with Gasteiger partial charge >= 0.3 is 107 Å². The third-order valence-electron chi connectivity index (χ3n) is 10.7. The van der Waals surface area contributed by atoms with E-state index in [9.17, 15) is 169 Å². The minimum atomic E-state index is -8.91. The molecule has 74 heavy (non-hydrogen) atoms. The molecule has 0 amide bonds. The van der Waals surface area contributed by atoms with Gasteiger partial charge in [0.05, 0.1) is 49.0 Å². The molecule has 0 radical (unpaired) electrons. The lowest BCUT2D eigenvalue weighted by atomic mass is 9.63. The Bertz CT molecular complexity index is 1920. The summed E-state index contributed by atoms with van der Waals surface area (Å²) in [6.45, 7) is -0.633. The number of halogens is 34. The van der Waals surface area contributed by atoms with Crippen molar-refractivity contribution >= 4 is 11.9 Å². The Balaban J connectivity index is 5.79. The highest BCUT2D eigenvalue weighted by atomic mass is 19.4. The van der Waals surface area contributed by atoms with Gasteiger partial charge < -0.3 is 9.47 Å². The van der Waals surface area contributed by atoms with Gasteiger partial charge in [0, 0.05) is 12.8 Å². The molecule has 0 aromatic heterocycles. The first-order chi connectivity index (χ1) is 32.1. The first-order valence-corrected chi connectivity index (χ1v) is 18.6. The van der Waals surface area contributed by atoms with Crippen LogP contribution in [0.3, 0.4) is 0 Å². The van der Waals surface area contributed by atoms with E-state index in [2.05, 4.69) is 9.47 Å². The van der Waals surface area contributed by atoms with Gasteiger partial charge in [0.1, 0.15) is 0 Å².